The van der Waals surface area contributed by atoms with Crippen molar-refractivity contribution in [1.29, 1.82) is 0 Å². The van der Waals surface area contributed by atoms with Gasteiger partial charge in [0, 0.05) is 5.33 Å². The zero-order valence-electron chi connectivity index (χ0n) is 5.66. The van der Waals surface area contributed by atoms with Gasteiger partial charge in [0.05, 0.1) is 0 Å². The Morgan fingerprint density at radius 2 is 1.91 bits per heavy atom. The highest BCUT2D eigenvalue weighted by molar-refractivity contribution is 9.09. The van der Waals surface area contributed by atoms with E-state index in [4.69, 9.17) is 5.11 Å². The molecule has 0 amide bonds. The first-order valence-electron chi connectivity index (χ1n) is 3.24. The van der Waals surface area contributed by atoms with Crippen molar-refractivity contribution in [3.63, 3.8) is 0 Å². The fourth-order valence-corrected chi connectivity index (χ4v) is 1.69. The van der Waals surface area contributed by atoms with E-state index in [-0.39, 0.29) is 18.8 Å². The standard InChI is InChI=1S/C6H8BrF3O/c7-3-4-1-5(11,2-4)6(8,9)10/h4,11H,1-3H2. The minimum atomic E-state index is -4.45. The maximum absolute atomic E-state index is 11.9. The summed E-state index contributed by atoms with van der Waals surface area (Å²) in [6, 6.07) is 0. The molecule has 0 aromatic heterocycles. The summed E-state index contributed by atoms with van der Waals surface area (Å²) in [7, 11) is 0. The van der Waals surface area contributed by atoms with E-state index < -0.39 is 11.8 Å². The van der Waals surface area contributed by atoms with Crippen LogP contribution in [0.25, 0.3) is 0 Å². The Hall–Kier alpha value is 0.230. The van der Waals surface area contributed by atoms with Crippen LogP contribution in [0.3, 0.4) is 0 Å². The Kier molecular flexibility index (Phi) is 2.22. The summed E-state index contributed by atoms with van der Waals surface area (Å²) in [5, 5.41) is 9.44. The molecule has 0 radical (unpaired) electrons. The van der Waals surface area contributed by atoms with E-state index in [1.165, 1.54) is 0 Å². The molecule has 0 saturated heterocycles. The molecule has 0 spiro atoms. The molecule has 1 nitrogen and oxygen atoms in total. The third-order valence-corrected chi connectivity index (χ3v) is 2.91. The van der Waals surface area contributed by atoms with Gasteiger partial charge in [-0.2, -0.15) is 13.2 Å². The van der Waals surface area contributed by atoms with E-state index in [0.29, 0.717) is 5.33 Å². The highest BCUT2D eigenvalue weighted by Gasteiger charge is 2.60. The van der Waals surface area contributed by atoms with Crippen molar-refractivity contribution in [3.05, 3.63) is 0 Å². The van der Waals surface area contributed by atoms with Crippen molar-refractivity contribution in [1.82, 2.24) is 0 Å². The van der Waals surface area contributed by atoms with Crippen molar-refractivity contribution in [2.75, 3.05) is 5.33 Å². The van der Waals surface area contributed by atoms with Gasteiger partial charge in [0.15, 0.2) is 5.60 Å². The van der Waals surface area contributed by atoms with Gasteiger partial charge in [-0.25, -0.2) is 0 Å². The van der Waals surface area contributed by atoms with Gasteiger partial charge in [0.25, 0.3) is 0 Å². The maximum Gasteiger partial charge on any atom is 0.417 e. The monoisotopic (exact) mass is 232 g/mol. The molecule has 1 fully saturated rings. The number of rotatable bonds is 1. The fraction of sp³-hybridized carbons (Fsp3) is 1.00. The van der Waals surface area contributed by atoms with E-state index in [1.807, 2.05) is 0 Å². The van der Waals surface area contributed by atoms with Crippen LogP contribution in [-0.2, 0) is 0 Å². The molecular formula is C6H8BrF3O. The zero-order chi connectivity index (χ0) is 8.70. The molecule has 66 valence electrons. The Labute approximate surface area is 70.7 Å². The minimum absolute atomic E-state index is 0.0263. The average Bonchev–Trinajstić information content (AvgIpc) is 1.78. The molecule has 5 heteroatoms. The second kappa shape index (κ2) is 2.62. The van der Waals surface area contributed by atoms with E-state index in [0.717, 1.165) is 0 Å². The Morgan fingerprint density at radius 1 is 1.45 bits per heavy atom. The smallest absolute Gasteiger partial charge is 0.380 e. The van der Waals surface area contributed by atoms with Crippen molar-refractivity contribution >= 4 is 15.9 Å². The third kappa shape index (κ3) is 1.54. The summed E-state index contributed by atoms with van der Waals surface area (Å²) < 4.78 is 35.8. The summed E-state index contributed by atoms with van der Waals surface area (Å²) in [5.41, 5.74) is -2.40. The quantitative estimate of drug-likeness (QED) is 0.687. The Bertz CT molecular complexity index is 150. The molecule has 0 bridgehead atoms. The molecule has 0 unspecified atom stereocenters. The largest absolute Gasteiger partial charge is 0.417 e. The first-order chi connectivity index (χ1) is 4.89. The van der Waals surface area contributed by atoms with Crippen LogP contribution < -0.4 is 0 Å². The van der Waals surface area contributed by atoms with Gasteiger partial charge >= 0.3 is 6.18 Å². The number of alkyl halides is 4. The van der Waals surface area contributed by atoms with Gasteiger partial charge in [-0.05, 0) is 18.8 Å². The topological polar surface area (TPSA) is 20.2 Å². The highest BCUT2D eigenvalue weighted by Crippen LogP contribution is 2.48. The number of hydrogen-bond acceptors (Lipinski definition) is 1. The highest BCUT2D eigenvalue weighted by atomic mass is 79.9. The van der Waals surface area contributed by atoms with Crippen molar-refractivity contribution < 1.29 is 18.3 Å². The SMILES string of the molecule is OC1(C(F)(F)F)CC(CBr)C1. The molecule has 0 aromatic rings. The van der Waals surface area contributed by atoms with Gasteiger partial charge in [0.1, 0.15) is 0 Å². The van der Waals surface area contributed by atoms with E-state index in [1.54, 1.807) is 0 Å². The summed E-state index contributed by atoms with van der Waals surface area (Å²) in [4.78, 5) is 0. The van der Waals surface area contributed by atoms with Gasteiger partial charge in [0.2, 0.25) is 0 Å². The predicted molar refractivity (Wildman–Crippen MR) is 37.5 cm³/mol. The lowest BCUT2D eigenvalue weighted by molar-refractivity contribution is -0.296. The van der Waals surface area contributed by atoms with Crippen molar-refractivity contribution in [2.45, 2.75) is 24.6 Å². The molecule has 1 aliphatic carbocycles. The van der Waals surface area contributed by atoms with Crippen LogP contribution in [0, 0.1) is 5.92 Å². The van der Waals surface area contributed by atoms with Crippen LogP contribution in [0.1, 0.15) is 12.8 Å². The van der Waals surface area contributed by atoms with Gasteiger partial charge < -0.3 is 5.11 Å². The van der Waals surface area contributed by atoms with E-state index in [2.05, 4.69) is 15.9 Å². The van der Waals surface area contributed by atoms with Crippen LogP contribution >= 0.6 is 15.9 Å². The Balaban J connectivity index is 2.49. The molecule has 1 saturated carbocycles. The summed E-state index contributed by atoms with van der Waals surface area (Å²) in [6.45, 7) is 0. The first kappa shape index (κ1) is 9.32. The molecule has 1 rings (SSSR count). The van der Waals surface area contributed by atoms with Crippen molar-refractivity contribution in [3.8, 4) is 0 Å². The predicted octanol–water partition coefficient (Wildman–Crippen LogP) is 2.08. The van der Waals surface area contributed by atoms with Gasteiger partial charge in [-0.3, -0.25) is 0 Å². The lowest BCUT2D eigenvalue weighted by atomic mass is 9.71. The van der Waals surface area contributed by atoms with Gasteiger partial charge in [-0.15, -0.1) is 0 Å². The summed E-state index contributed by atoms with van der Waals surface area (Å²) in [5.74, 6) is -0.0263. The minimum Gasteiger partial charge on any atom is -0.380 e. The number of halogens is 4. The zero-order valence-corrected chi connectivity index (χ0v) is 7.24. The third-order valence-electron chi connectivity index (χ3n) is 2.00. The van der Waals surface area contributed by atoms with Gasteiger partial charge in [-0.1, -0.05) is 15.9 Å². The van der Waals surface area contributed by atoms with Crippen molar-refractivity contribution in [2.24, 2.45) is 5.92 Å². The first-order valence-corrected chi connectivity index (χ1v) is 4.36. The van der Waals surface area contributed by atoms with Crippen LogP contribution in [-0.4, -0.2) is 22.2 Å². The summed E-state index contributed by atoms with van der Waals surface area (Å²) in [6.07, 6.45) is -4.78. The van der Waals surface area contributed by atoms with E-state index >= 15 is 0 Å². The lowest BCUT2D eigenvalue weighted by Crippen LogP contribution is -2.55. The lowest BCUT2D eigenvalue weighted by Gasteiger charge is -2.43. The van der Waals surface area contributed by atoms with Crippen LogP contribution in [0.15, 0.2) is 0 Å². The van der Waals surface area contributed by atoms with E-state index in [9.17, 15) is 13.2 Å². The fourth-order valence-electron chi connectivity index (χ4n) is 1.24. The second-order valence-corrected chi connectivity index (χ2v) is 3.61. The molecule has 0 aliphatic heterocycles. The maximum atomic E-state index is 11.9. The average molecular weight is 233 g/mol. The Morgan fingerprint density at radius 3 is 2.18 bits per heavy atom. The molecule has 11 heavy (non-hydrogen) atoms. The van der Waals surface area contributed by atoms with Crippen LogP contribution in [0.5, 0.6) is 0 Å². The molecule has 1 aliphatic rings. The molecule has 0 aromatic carbocycles. The van der Waals surface area contributed by atoms with Crippen LogP contribution in [0.2, 0.25) is 0 Å². The normalized spacial score (nSPS) is 38.5. The number of hydrogen-bond donors (Lipinski definition) is 1. The number of aliphatic hydroxyl groups is 1. The molecular weight excluding hydrogens is 225 g/mol. The molecule has 0 heterocycles. The summed E-state index contributed by atoms with van der Waals surface area (Å²) >= 11 is 3.07. The molecule has 1 N–H and O–H groups in total. The van der Waals surface area contributed by atoms with Crippen LogP contribution in [0.4, 0.5) is 13.2 Å². The second-order valence-electron chi connectivity index (χ2n) is 2.96. The molecule has 0 atom stereocenters.